The van der Waals surface area contributed by atoms with E-state index >= 15 is 0 Å². The van der Waals surface area contributed by atoms with Gasteiger partial charge in [-0.05, 0) is 31.9 Å². The first-order chi connectivity index (χ1) is 9.90. The summed E-state index contributed by atoms with van der Waals surface area (Å²) in [6.45, 7) is 8.34. The molecule has 0 aliphatic carbocycles. The minimum absolute atomic E-state index is 0.158. The Labute approximate surface area is 126 Å². The fourth-order valence-electron chi connectivity index (χ4n) is 2.38. The van der Waals surface area contributed by atoms with Crippen molar-refractivity contribution in [2.75, 3.05) is 31.2 Å². The van der Waals surface area contributed by atoms with Crippen molar-refractivity contribution >= 4 is 15.8 Å². The first-order valence-electron chi connectivity index (χ1n) is 7.20. The second-order valence-corrected chi connectivity index (χ2v) is 7.41. The molecule has 0 aromatic carbocycles. The highest BCUT2D eigenvalue weighted by Crippen LogP contribution is 2.24. The Balaban J connectivity index is 2.36. The molecule has 0 radical (unpaired) electrons. The van der Waals surface area contributed by atoms with Gasteiger partial charge in [-0.1, -0.05) is 6.92 Å². The maximum absolute atomic E-state index is 12.5. The van der Waals surface area contributed by atoms with E-state index in [0.717, 1.165) is 6.54 Å². The van der Waals surface area contributed by atoms with Crippen LogP contribution in [0.1, 0.15) is 20.8 Å². The number of pyridine rings is 1. The lowest BCUT2D eigenvalue weighted by Crippen LogP contribution is -2.35. The maximum Gasteiger partial charge on any atom is 0.244 e. The molecule has 118 valence electrons. The second kappa shape index (κ2) is 6.72. The van der Waals surface area contributed by atoms with Gasteiger partial charge in [0.2, 0.25) is 10.0 Å². The molecule has 0 bridgehead atoms. The van der Waals surface area contributed by atoms with Gasteiger partial charge >= 0.3 is 0 Å². The molecule has 1 saturated heterocycles. The van der Waals surface area contributed by atoms with Crippen molar-refractivity contribution < 1.29 is 13.2 Å². The fourth-order valence-corrected chi connectivity index (χ4v) is 3.80. The summed E-state index contributed by atoms with van der Waals surface area (Å²) < 4.78 is 33.1. The number of hydrogen-bond acceptors (Lipinski definition) is 5. The molecule has 6 nitrogen and oxygen atoms in total. The van der Waals surface area contributed by atoms with Gasteiger partial charge in [-0.2, -0.15) is 0 Å². The molecule has 1 aromatic heterocycles. The third-order valence-electron chi connectivity index (χ3n) is 3.17. The lowest BCUT2D eigenvalue weighted by atomic mass is 10.2. The lowest BCUT2D eigenvalue weighted by Gasteiger charge is -2.25. The van der Waals surface area contributed by atoms with Crippen LogP contribution in [0.4, 0.5) is 5.82 Å². The van der Waals surface area contributed by atoms with E-state index in [4.69, 9.17) is 4.74 Å². The summed E-state index contributed by atoms with van der Waals surface area (Å²) in [5.41, 5.74) is 0. The molecule has 1 N–H and O–H groups in total. The molecule has 0 saturated carbocycles. The molecule has 21 heavy (non-hydrogen) atoms. The summed E-state index contributed by atoms with van der Waals surface area (Å²) >= 11 is 0. The van der Waals surface area contributed by atoms with Crippen LogP contribution in [0.5, 0.6) is 0 Å². The first-order valence-corrected chi connectivity index (χ1v) is 8.68. The number of hydrogen-bond donors (Lipinski definition) is 1. The van der Waals surface area contributed by atoms with Crippen molar-refractivity contribution in [3.8, 4) is 0 Å². The third kappa shape index (κ3) is 4.15. The third-order valence-corrected chi connectivity index (χ3v) is 4.85. The van der Waals surface area contributed by atoms with E-state index in [1.807, 2.05) is 4.90 Å². The van der Waals surface area contributed by atoms with Crippen molar-refractivity contribution in [3.05, 3.63) is 18.3 Å². The highest BCUT2D eigenvalue weighted by molar-refractivity contribution is 7.89. The van der Waals surface area contributed by atoms with Gasteiger partial charge in [-0.25, -0.2) is 18.1 Å². The quantitative estimate of drug-likeness (QED) is 0.905. The summed E-state index contributed by atoms with van der Waals surface area (Å²) in [4.78, 5) is 6.53. The molecule has 0 spiro atoms. The molecule has 7 heteroatoms. The number of aromatic nitrogens is 1. The molecular formula is C14H23N3O3S. The zero-order valence-electron chi connectivity index (χ0n) is 12.7. The van der Waals surface area contributed by atoms with Crippen LogP contribution in [0.15, 0.2) is 23.2 Å². The Kier molecular flexibility index (Phi) is 5.18. The summed E-state index contributed by atoms with van der Waals surface area (Å²) in [6, 6.07) is 3.09. The smallest absolute Gasteiger partial charge is 0.244 e. The molecule has 1 aliphatic heterocycles. The number of nitrogens with one attached hydrogen (secondary N) is 1. The molecule has 1 aromatic rings. The average Bonchev–Trinajstić information content (AvgIpc) is 2.62. The maximum atomic E-state index is 12.5. The predicted molar refractivity (Wildman–Crippen MR) is 81.9 cm³/mol. The number of anilines is 1. The largest absolute Gasteiger partial charge is 0.379 e. The Bertz CT molecular complexity index is 575. The second-order valence-electron chi connectivity index (χ2n) is 5.73. The molecule has 1 fully saturated rings. The summed E-state index contributed by atoms with van der Waals surface area (Å²) in [5.74, 6) is 0.839. The van der Waals surface area contributed by atoms with Gasteiger partial charge in [0, 0.05) is 25.3 Å². The van der Waals surface area contributed by atoms with E-state index in [1.54, 1.807) is 32.2 Å². The summed E-state index contributed by atoms with van der Waals surface area (Å²) in [7, 11) is -3.56. The Morgan fingerprint density at radius 2 is 2.24 bits per heavy atom. The van der Waals surface area contributed by atoms with Gasteiger partial charge in [-0.15, -0.1) is 0 Å². The molecule has 1 aliphatic rings. The average molecular weight is 313 g/mol. The zero-order valence-corrected chi connectivity index (χ0v) is 13.6. The molecular weight excluding hydrogens is 290 g/mol. The van der Waals surface area contributed by atoms with Crippen LogP contribution >= 0.6 is 0 Å². The van der Waals surface area contributed by atoms with Crippen LogP contribution in [-0.2, 0) is 14.8 Å². The predicted octanol–water partition coefficient (Wildman–Crippen LogP) is 1.24. The van der Waals surface area contributed by atoms with E-state index in [0.29, 0.717) is 31.5 Å². The minimum atomic E-state index is -3.56. The highest BCUT2D eigenvalue weighted by Gasteiger charge is 2.25. The van der Waals surface area contributed by atoms with Crippen LogP contribution in [0, 0.1) is 5.92 Å². The Morgan fingerprint density at radius 3 is 2.95 bits per heavy atom. The first kappa shape index (κ1) is 16.2. The molecule has 2 rings (SSSR count). The van der Waals surface area contributed by atoms with Gasteiger partial charge in [0.1, 0.15) is 10.7 Å². The number of ether oxygens (including phenoxy) is 1. The SMILES string of the molecule is CC1COCCN(c2ncccc2S(=O)(=O)NC(C)C)C1. The fraction of sp³-hybridized carbons (Fsp3) is 0.643. The summed E-state index contributed by atoms with van der Waals surface area (Å²) in [5, 5.41) is 0. The summed E-state index contributed by atoms with van der Waals surface area (Å²) in [6.07, 6.45) is 1.63. The van der Waals surface area contributed by atoms with E-state index in [1.165, 1.54) is 0 Å². The molecule has 0 amide bonds. The van der Waals surface area contributed by atoms with E-state index in [9.17, 15) is 8.42 Å². The van der Waals surface area contributed by atoms with Crippen LogP contribution in [-0.4, -0.2) is 45.7 Å². The Morgan fingerprint density at radius 1 is 1.48 bits per heavy atom. The van der Waals surface area contributed by atoms with E-state index in [-0.39, 0.29) is 10.9 Å². The van der Waals surface area contributed by atoms with Crippen molar-refractivity contribution in [2.24, 2.45) is 5.92 Å². The van der Waals surface area contributed by atoms with Crippen molar-refractivity contribution in [1.82, 2.24) is 9.71 Å². The minimum Gasteiger partial charge on any atom is -0.379 e. The monoisotopic (exact) mass is 313 g/mol. The van der Waals surface area contributed by atoms with Gasteiger partial charge in [0.25, 0.3) is 0 Å². The molecule has 1 unspecified atom stereocenters. The zero-order chi connectivity index (χ0) is 15.5. The standard InChI is InChI=1S/C14H23N3O3S/c1-11(2)16-21(18,19)13-5-4-6-15-14(13)17-7-8-20-10-12(3)9-17/h4-6,11-12,16H,7-10H2,1-3H3. The van der Waals surface area contributed by atoms with Crippen LogP contribution < -0.4 is 9.62 Å². The normalized spacial score (nSPS) is 20.6. The van der Waals surface area contributed by atoms with Gasteiger partial charge < -0.3 is 9.64 Å². The van der Waals surface area contributed by atoms with E-state index in [2.05, 4.69) is 16.6 Å². The topological polar surface area (TPSA) is 71.5 Å². The van der Waals surface area contributed by atoms with Crippen LogP contribution in [0.2, 0.25) is 0 Å². The molecule has 2 heterocycles. The number of sulfonamides is 1. The van der Waals surface area contributed by atoms with Crippen molar-refractivity contribution in [2.45, 2.75) is 31.7 Å². The van der Waals surface area contributed by atoms with Crippen molar-refractivity contribution in [3.63, 3.8) is 0 Å². The van der Waals surface area contributed by atoms with E-state index < -0.39 is 10.0 Å². The number of rotatable bonds is 4. The van der Waals surface area contributed by atoms with Crippen LogP contribution in [0.25, 0.3) is 0 Å². The Hall–Kier alpha value is -1.18. The van der Waals surface area contributed by atoms with Gasteiger partial charge in [0.15, 0.2) is 0 Å². The molecule has 1 atom stereocenters. The van der Waals surface area contributed by atoms with Crippen molar-refractivity contribution in [1.29, 1.82) is 0 Å². The van der Waals surface area contributed by atoms with Gasteiger partial charge in [-0.3, -0.25) is 0 Å². The van der Waals surface area contributed by atoms with Gasteiger partial charge in [0.05, 0.1) is 13.2 Å². The lowest BCUT2D eigenvalue weighted by molar-refractivity contribution is 0.129. The van der Waals surface area contributed by atoms with Crippen LogP contribution in [0.3, 0.4) is 0 Å². The number of nitrogens with zero attached hydrogens (tertiary/aromatic N) is 2. The highest BCUT2D eigenvalue weighted by atomic mass is 32.2.